The number of aromatic nitrogens is 1. The van der Waals surface area contributed by atoms with Gasteiger partial charge in [-0.05, 0) is 25.3 Å². The van der Waals surface area contributed by atoms with Gasteiger partial charge in [0.25, 0.3) is 5.91 Å². The van der Waals surface area contributed by atoms with Gasteiger partial charge in [0.15, 0.2) is 15.7 Å². The number of carbonyl (C=O) groups is 1. The van der Waals surface area contributed by atoms with Crippen LogP contribution in [-0.4, -0.2) is 47.8 Å². The third kappa shape index (κ3) is 3.54. The largest absolute Gasteiger partial charge is 0.332 e. The Bertz CT molecular complexity index is 686. The molecule has 0 unspecified atom stereocenters. The summed E-state index contributed by atoms with van der Waals surface area (Å²) < 4.78 is 37.6. The highest BCUT2D eigenvalue weighted by Crippen LogP contribution is 2.30. The highest BCUT2D eigenvalue weighted by atomic mass is 32.2. The Hall–Kier alpha value is -1.50. The summed E-state index contributed by atoms with van der Waals surface area (Å²) in [6.45, 7) is 0. The van der Waals surface area contributed by atoms with Gasteiger partial charge in [0.1, 0.15) is 0 Å². The molecule has 0 N–H and O–H groups in total. The molecule has 1 aromatic heterocycles. The summed E-state index contributed by atoms with van der Waals surface area (Å²) in [4.78, 5) is 18.3. The van der Waals surface area contributed by atoms with Gasteiger partial charge in [0, 0.05) is 18.3 Å². The lowest BCUT2D eigenvalue weighted by atomic mass is 9.92. The SMILES string of the molecule is O=C(c1ccncc1F)N(C1CCCCC1)[C@@H]1CCS(=O)(=O)C1. The molecule has 23 heavy (non-hydrogen) atoms. The first-order chi connectivity index (χ1) is 11.0. The average molecular weight is 340 g/mol. The van der Waals surface area contributed by atoms with Crippen molar-refractivity contribution in [3.8, 4) is 0 Å². The van der Waals surface area contributed by atoms with Gasteiger partial charge < -0.3 is 4.90 Å². The molecule has 0 bridgehead atoms. The van der Waals surface area contributed by atoms with Gasteiger partial charge >= 0.3 is 0 Å². The van der Waals surface area contributed by atoms with Crippen LogP contribution in [0.5, 0.6) is 0 Å². The molecule has 2 fully saturated rings. The van der Waals surface area contributed by atoms with E-state index < -0.39 is 21.6 Å². The predicted molar refractivity (Wildman–Crippen MR) is 84.3 cm³/mol. The fourth-order valence-corrected chi connectivity index (χ4v) is 5.38. The highest BCUT2D eigenvalue weighted by Gasteiger charge is 2.39. The second kappa shape index (κ2) is 6.55. The number of nitrogens with zero attached hydrogens (tertiary/aromatic N) is 2. The van der Waals surface area contributed by atoms with E-state index in [0.29, 0.717) is 6.42 Å². The number of amides is 1. The Balaban J connectivity index is 1.91. The first kappa shape index (κ1) is 16.4. The minimum absolute atomic E-state index is 0.00196. The van der Waals surface area contributed by atoms with Gasteiger partial charge in [0.05, 0.1) is 23.3 Å². The maximum absolute atomic E-state index is 14.0. The van der Waals surface area contributed by atoms with Crippen LogP contribution in [0, 0.1) is 5.82 Å². The van der Waals surface area contributed by atoms with Crippen molar-refractivity contribution in [2.24, 2.45) is 0 Å². The van der Waals surface area contributed by atoms with Gasteiger partial charge in [-0.3, -0.25) is 9.78 Å². The van der Waals surface area contributed by atoms with Crippen LogP contribution in [0.25, 0.3) is 0 Å². The van der Waals surface area contributed by atoms with Crippen molar-refractivity contribution in [2.75, 3.05) is 11.5 Å². The van der Waals surface area contributed by atoms with Crippen molar-refractivity contribution < 1.29 is 17.6 Å². The van der Waals surface area contributed by atoms with Crippen molar-refractivity contribution in [2.45, 2.75) is 50.6 Å². The van der Waals surface area contributed by atoms with E-state index in [9.17, 15) is 17.6 Å². The normalized spacial score (nSPS) is 24.5. The van der Waals surface area contributed by atoms with E-state index in [2.05, 4.69) is 4.98 Å². The first-order valence-electron chi connectivity index (χ1n) is 8.10. The third-order valence-electron chi connectivity index (χ3n) is 4.81. The van der Waals surface area contributed by atoms with Crippen LogP contribution < -0.4 is 0 Å². The Kier molecular flexibility index (Phi) is 4.66. The van der Waals surface area contributed by atoms with Crippen molar-refractivity contribution >= 4 is 15.7 Å². The molecule has 7 heteroatoms. The zero-order chi connectivity index (χ0) is 16.4. The molecular formula is C16H21FN2O3S. The fraction of sp³-hybridized carbons (Fsp3) is 0.625. The molecule has 3 rings (SSSR count). The van der Waals surface area contributed by atoms with Gasteiger partial charge in [-0.25, -0.2) is 12.8 Å². The van der Waals surface area contributed by atoms with Gasteiger partial charge in [-0.2, -0.15) is 0 Å². The summed E-state index contributed by atoms with van der Waals surface area (Å²) in [5.41, 5.74) is -0.0186. The Morgan fingerprint density at radius 3 is 2.52 bits per heavy atom. The van der Waals surface area contributed by atoms with Gasteiger partial charge in [-0.15, -0.1) is 0 Å². The van der Waals surface area contributed by atoms with Crippen LogP contribution in [-0.2, 0) is 9.84 Å². The summed E-state index contributed by atoms with van der Waals surface area (Å²) in [6, 6.07) is 1.03. The van der Waals surface area contributed by atoms with Gasteiger partial charge in [0.2, 0.25) is 0 Å². The molecule has 126 valence electrons. The predicted octanol–water partition coefficient (Wildman–Crippen LogP) is 2.18. The molecule has 1 atom stereocenters. The lowest BCUT2D eigenvalue weighted by Crippen LogP contribution is -2.48. The summed E-state index contributed by atoms with van der Waals surface area (Å²) in [5.74, 6) is -0.965. The number of sulfone groups is 1. The molecule has 2 aliphatic rings. The second-order valence-electron chi connectivity index (χ2n) is 6.42. The number of halogens is 1. The summed E-state index contributed by atoms with van der Waals surface area (Å²) in [7, 11) is -3.10. The number of hydrogen-bond donors (Lipinski definition) is 0. The Morgan fingerprint density at radius 1 is 1.17 bits per heavy atom. The van der Waals surface area contributed by atoms with Crippen LogP contribution >= 0.6 is 0 Å². The van der Waals surface area contributed by atoms with Crippen LogP contribution in [0.15, 0.2) is 18.5 Å². The molecule has 1 aliphatic carbocycles. The zero-order valence-corrected chi connectivity index (χ0v) is 13.8. The van der Waals surface area contributed by atoms with E-state index in [4.69, 9.17) is 0 Å². The molecule has 1 amide bonds. The number of pyridine rings is 1. The molecule has 0 radical (unpaired) electrons. The van der Waals surface area contributed by atoms with E-state index in [0.717, 1.165) is 38.3 Å². The van der Waals surface area contributed by atoms with E-state index in [-0.39, 0.29) is 29.2 Å². The smallest absolute Gasteiger partial charge is 0.257 e. The molecule has 0 spiro atoms. The maximum Gasteiger partial charge on any atom is 0.257 e. The monoisotopic (exact) mass is 340 g/mol. The van der Waals surface area contributed by atoms with Crippen LogP contribution in [0.3, 0.4) is 0 Å². The first-order valence-corrected chi connectivity index (χ1v) is 9.93. The summed E-state index contributed by atoms with van der Waals surface area (Å²) >= 11 is 0. The minimum Gasteiger partial charge on any atom is -0.332 e. The molecule has 1 aromatic rings. The molecule has 5 nitrogen and oxygen atoms in total. The molecule has 2 heterocycles. The molecule has 1 saturated carbocycles. The lowest BCUT2D eigenvalue weighted by Gasteiger charge is -2.38. The average Bonchev–Trinajstić information content (AvgIpc) is 2.88. The van der Waals surface area contributed by atoms with Gasteiger partial charge in [-0.1, -0.05) is 19.3 Å². The zero-order valence-electron chi connectivity index (χ0n) is 12.9. The van der Waals surface area contributed by atoms with Crippen LogP contribution in [0.2, 0.25) is 0 Å². The Labute approximate surface area is 135 Å². The molecule has 1 aliphatic heterocycles. The highest BCUT2D eigenvalue weighted by molar-refractivity contribution is 7.91. The second-order valence-corrected chi connectivity index (χ2v) is 8.65. The number of carbonyl (C=O) groups excluding carboxylic acids is 1. The summed E-state index contributed by atoms with van der Waals surface area (Å²) in [6.07, 6.45) is 7.74. The van der Waals surface area contributed by atoms with Crippen molar-refractivity contribution in [1.82, 2.24) is 9.88 Å². The fourth-order valence-electron chi connectivity index (χ4n) is 3.67. The van der Waals surface area contributed by atoms with E-state index >= 15 is 0 Å². The third-order valence-corrected chi connectivity index (χ3v) is 6.56. The topological polar surface area (TPSA) is 67.3 Å². The van der Waals surface area contributed by atoms with Crippen molar-refractivity contribution in [3.63, 3.8) is 0 Å². The minimum atomic E-state index is -3.10. The summed E-state index contributed by atoms with van der Waals surface area (Å²) in [5, 5.41) is 0. The number of hydrogen-bond acceptors (Lipinski definition) is 4. The maximum atomic E-state index is 14.0. The van der Waals surface area contributed by atoms with Crippen molar-refractivity contribution in [1.29, 1.82) is 0 Å². The van der Waals surface area contributed by atoms with Crippen LogP contribution in [0.4, 0.5) is 4.39 Å². The quantitative estimate of drug-likeness (QED) is 0.846. The standard InChI is InChI=1S/C16H21FN2O3S/c17-15-10-18-8-6-14(15)16(20)19(12-4-2-1-3-5-12)13-7-9-23(21,22)11-13/h6,8,10,12-13H,1-5,7,9,11H2/t13-/m1/s1. The molecular weight excluding hydrogens is 319 g/mol. The van der Waals surface area contributed by atoms with Crippen molar-refractivity contribution in [3.05, 3.63) is 29.8 Å². The molecule has 1 saturated heterocycles. The Morgan fingerprint density at radius 2 is 1.91 bits per heavy atom. The lowest BCUT2D eigenvalue weighted by molar-refractivity contribution is 0.0537. The van der Waals surface area contributed by atoms with E-state index in [1.54, 1.807) is 4.90 Å². The number of rotatable bonds is 3. The van der Waals surface area contributed by atoms with E-state index in [1.807, 2.05) is 0 Å². The molecule has 0 aromatic carbocycles. The van der Waals surface area contributed by atoms with Crippen LogP contribution in [0.1, 0.15) is 48.9 Å². The van der Waals surface area contributed by atoms with E-state index in [1.165, 1.54) is 12.3 Å².